The van der Waals surface area contributed by atoms with Crippen LogP contribution in [0.4, 0.5) is 0 Å². The molecule has 0 N–H and O–H groups in total. The van der Waals surface area contributed by atoms with Gasteiger partial charge in [-0.1, -0.05) is 24.3 Å². The van der Waals surface area contributed by atoms with Gasteiger partial charge in [0.25, 0.3) is 0 Å². The number of benzene rings is 2. The lowest BCUT2D eigenvalue weighted by Crippen LogP contribution is -2.09. The second kappa shape index (κ2) is 5.19. The largest absolute Gasteiger partial charge is 0.240 e. The van der Waals surface area contributed by atoms with Crippen LogP contribution in [0.25, 0.3) is 16.5 Å². The molecule has 0 heterocycles. The highest BCUT2D eigenvalue weighted by Crippen LogP contribution is 2.45. The molecule has 0 aliphatic heterocycles. The van der Waals surface area contributed by atoms with Crippen LogP contribution in [0.2, 0.25) is 0 Å². The van der Waals surface area contributed by atoms with Gasteiger partial charge >= 0.3 is 0 Å². The van der Waals surface area contributed by atoms with Crippen molar-refractivity contribution in [2.24, 2.45) is 9.98 Å². The summed E-state index contributed by atoms with van der Waals surface area (Å²) >= 11 is 0. The van der Waals surface area contributed by atoms with Crippen molar-refractivity contribution in [3.8, 4) is 0 Å². The van der Waals surface area contributed by atoms with Gasteiger partial charge in [0, 0.05) is 5.56 Å². The quantitative estimate of drug-likeness (QED) is 0.622. The molecule has 0 bridgehead atoms. The zero-order valence-corrected chi connectivity index (χ0v) is 12.6. The van der Waals surface area contributed by atoms with Gasteiger partial charge in [0.1, 0.15) is 6.04 Å². The van der Waals surface area contributed by atoms with E-state index < -0.39 is 6.04 Å². The van der Waals surface area contributed by atoms with E-state index in [-0.39, 0.29) is 0 Å². The number of aliphatic imine (C=N–C) groups is 2. The van der Waals surface area contributed by atoms with Gasteiger partial charge < -0.3 is 0 Å². The third-order valence-electron chi connectivity index (χ3n) is 4.25. The average molecular weight is 290 g/mol. The van der Waals surface area contributed by atoms with Crippen LogP contribution in [-0.4, -0.2) is 12.2 Å². The first kappa shape index (κ1) is 14.2. The summed E-state index contributed by atoms with van der Waals surface area (Å²) in [4.78, 5) is 29.5. The van der Waals surface area contributed by atoms with Crippen molar-refractivity contribution >= 4 is 28.6 Å². The van der Waals surface area contributed by atoms with E-state index in [0.717, 1.165) is 38.6 Å². The molecule has 0 radical (unpaired) electrons. The molecule has 2 aromatic carbocycles. The Morgan fingerprint density at radius 2 is 1.82 bits per heavy atom. The van der Waals surface area contributed by atoms with Crippen LogP contribution in [0.3, 0.4) is 0 Å². The van der Waals surface area contributed by atoms with E-state index in [2.05, 4.69) is 16.1 Å². The summed E-state index contributed by atoms with van der Waals surface area (Å²) in [6, 6.07) is 7.57. The molecule has 0 amide bonds. The summed E-state index contributed by atoms with van der Waals surface area (Å²) in [7, 11) is 0. The first-order valence-electron chi connectivity index (χ1n) is 6.99. The number of carbonyl (C=O) groups excluding carboxylic acids is 2. The Bertz CT molecular complexity index is 928. The molecule has 0 saturated carbocycles. The van der Waals surface area contributed by atoms with E-state index in [1.807, 2.05) is 39.0 Å². The lowest BCUT2D eigenvalue weighted by atomic mass is 9.81. The highest BCUT2D eigenvalue weighted by molar-refractivity contribution is 6.02. The maximum absolute atomic E-state index is 10.9. The molecule has 2 aromatic rings. The first-order chi connectivity index (χ1) is 10.6. The molecule has 1 unspecified atom stereocenters. The second-order valence-electron chi connectivity index (χ2n) is 5.51. The lowest BCUT2D eigenvalue weighted by Gasteiger charge is -2.26. The van der Waals surface area contributed by atoms with Crippen molar-refractivity contribution in [2.75, 3.05) is 0 Å². The van der Waals surface area contributed by atoms with E-state index in [9.17, 15) is 9.59 Å². The molecule has 1 aliphatic carbocycles. The molecule has 0 fully saturated rings. The number of nitrogens with zero attached hydrogens (tertiary/aromatic N) is 2. The predicted molar refractivity (Wildman–Crippen MR) is 85.0 cm³/mol. The van der Waals surface area contributed by atoms with E-state index in [1.165, 1.54) is 0 Å². The van der Waals surface area contributed by atoms with Gasteiger partial charge in [-0.2, -0.15) is 9.98 Å². The highest BCUT2D eigenvalue weighted by Gasteiger charge is 2.28. The van der Waals surface area contributed by atoms with Gasteiger partial charge in [-0.3, -0.25) is 0 Å². The number of hydrogen-bond acceptors (Lipinski definition) is 4. The zero-order chi connectivity index (χ0) is 15.9. The van der Waals surface area contributed by atoms with Crippen molar-refractivity contribution in [3.05, 3.63) is 52.1 Å². The smallest absolute Gasteiger partial charge is 0.211 e. The van der Waals surface area contributed by atoms with Crippen LogP contribution in [0, 0.1) is 13.8 Å². The van der Waals surface area contributed by atoms with Crippen LogP contribution in [0.1, 0.15) is 35.2 Å². The predicted octanol–water partition coefficient (Wildman–Crippen LogP) is 3.91. The minimum absolute atomic E-state index is 0.456. The Kier molecular flexibility index (Phi) is 3.34. The summed E-state index contributed by atoms with van der Waals surface area (Å²) in [6.07, 6.45) is 3.26. The number of rotatable bonds is 2. The normalized spacial score (nSPS) is 16.2. The van der Waals surface area contributed by atoms with Crippen LogP contribution >= 0.6 is 0 Å². The molecular formula is C18H14N2O2. The topological polar surface area (TPSA) is 58.9 Å². The maximum Gasteiger partial charge on any atom is 0.240 e. The fourth-order valence-electron chi connectivity index (χ4n) is 3.35. The third kappa shape index (κ3) is 1.86. The van der Waals surface area contributed by atoms with Crippen LogP contribution in [0.5, 0.6) is 0 Å². The highest BCUT2D eigenvalue weighted by atomic mass is 16.1. The fraction of sp³-hybridized carbons (Fsp3) is 0.222. The first-order valence-corrected chi connectivity index (χ1v) is 6.99. The zero-order valence-electron chi connectivity index (χ0n) is 12.6. The Hall–Kier alpha value is -2.80. The molecule has 1 aliphatic rings. The standard InChI is InChI=1S/C18H14N2O2/c1-10-7-11(2)15-16-13(10)5-4-6-14(16)17(19-8-21)12(3)18(15)20-9-22/h4-7,17H,1-3H3. The van der Waals surface area contributed by atoms with Gasteiger partial charge in [0.15, 0.2) is 0 Å². The summed E-state index contributed by atoms with van der Waals surface area (Å²) in [5.41, 5.74) is 5.37. The summed E-state index contributed by atoms with van der Waals surface area (Å²) in [5.74, 6) is 0. The van der Waals surface area contributed by atoms with Gasteiger partial charge in [0.2, 0.25) is 12.2 Å². The Balaban J connectivity index is 2.57. The van der Waals surface area contributed by atoms with Gasteiger partial charge in [-0.05, 0) is 53.8 Å². The van der Waals surface area contributed by atoms with Crippen molar-refractivity contribution in [3.63, 3.8) is 0 Å². The monoisotopic (exact) mass is 290 g/mol. The lowest BCUT2D eigenvalue weighted by molar-refractivity contribution is 0.560. The van der Waals surface area contributed by atoms with Gasteiger partial charge in [0.05, 0.1) is 5.70 Å². The molecule has 22 heavy (non-hydrogen) atoms. The van der Waals surface area contributed by atoms with Gasteiger partial charge in [-0.25, -0.2) is 9.59 Å². The van der Waals surface area contributed by atoms with Crippen molar-refractivity contribution < 1.29 is 9.59 Å². The van der Waals surface area contributed by atoms with E-state index >= 15 is 0 Å². The number of hydrogen-bond donors (Lipinski definition) is 0. The average Bonchev–Trinajstić information content (AvgIpc) is 2.50. The molecule has 0 spiro atoms. The molecule has 0 aromatic heterocycles. The molecule has 0 saturated heterocycles. The Morgan fingerprint density at radius 3 is 2.50 bits per heavy atom. The molecule has 3 rings (SSSR count). The minimum atomic E-state index is -0.456. The maximum atomic E-state index is 10.9. The summed E-state index contributed by atoms with van der Waals surface area (Å²) < 4.78 is 0. The minimum Gasteiger partial charge on any atom is -0.211 e. The molecule has 1 atom stereocenters. The van der Waals surface area contributed by atoms with E-state index in [1.54, 1.807) is 12.2 Å². The molecule has 108 valence electrons. The summed E-state index contributed by atoms with van der Waals surface area (Å²) in [5, 5.41) is 2.08. The summed E-state index contributed by atoms with van der Waals surface area (Å²) in [6.45, 7) is 5.87. The van der Waals surface area contributed by atoms with Crippen molar-refractivity contribution in [1.82, 2.24) is 0 Å². The SMILES string of the molecule is CC1=C(N=C=O)c2c(C)cc(C)c3cccc(c23)C1N=C=O. The van der Waals surface area contributed by atoms with Crippen LogP contribution < -0.4 is 0 Å². The van der Waals surface area contributed by atoms with Crippen LogP contribution in [-0.2, 0) is 9.59 Å². The second-order valence-corrected chi connectivity index (χ2v) is 5.51. The van der Waals surface area contributed by atoms with Crippen molar-refractivity contribution in [1.29, 1.82) is 0 Å². The molecule has 4 heteroatoms. The van der Waals surface area contributed by atoms with Crippen LogP contribution in [0.15, 0.2) is 39.8 Å². The molecule has 4 nitrogen and oxygen atoms in total. The Labute approximate surface area is 127 Å². The number of aryl methyl sites for hydroxylation is 2. The third-order valence-corrected chi connectivity index (χ3v) is 4.25. The van der Waals surface area contributed by atoms with E-state index in [4.69, 9.17) is 0 Å². The molecular weight excluding hydrogens is 276 g/mol. The van der Waals surface area contributed by atoms with E-state index in [0.29, 0.717) is 5.70 Å². The van der Waals surface area contributed by atoms with Gasteiger partial charge in [-0.15, -0.1) is 0 Å². The Morgan fingerprint density at radius 1 is 1.05 bits per heavy atom. The number of isocyanates is 2. The van der Waals surface area contributed by atoms with Crippen molar-refractivity contribution in [2.45, 2.75) is 26.8 Å². The fourth-order valence-corrected chi connectivity index (χ4v) is 3.35.